The van der Waals surface area contributed by atoms with E-state index in [-0.39, 0.29) is 12.6 Å². The number of carboxylic acids is 1. The molecule has 1 aliphatic heterocycles. The maximum atomic E-state index is 10.8. The lowest BCUT2D eigenvalue weighted by atomic mass is 10.1. The van der Waals surface area contributed by atoms with Crippen molar-refractivity contribution in [2.75, 3.05) is 25.5 Å². The second kappa shape index (κ2) is 7.94. The summed E-state index contributed by atoms with van der Waals surface area (Å²) >= 11 is 0. The van der Waals surface area contributed by atoms with Crippen LogP contribution in [0.15, 0.2) is 36.7 Å². The number of ether oxygens (including phenoxy) is 1. The number of hydrogen-bond acceptors (Lipinski definition) is 6. The van der Waals surface area contributed by atoms with Gasteiger partial charge in [-0.2, -0.15) is 0 Å². The molecular weight excluding hydrogens is 320 g/mol. The third-order valence-electron chi connectivity index (χ3n) is 4.31. The average molecular weight is 342 g/mol. The van der Waals surface area contributed by atoms with E-state index < -0.39 is 5.97 Å². The Morgan fingerprint density at radius 2 is 2.24 bits per heavy atom. The van der Waals surface area contributed by atoms with Gasteiger partial charge in [0.05, 0.1) is 24.1 Å². The predicted molar refractivity (Wildman–Crippen MR) is 93.5 cm³/mol. The third kappa shape index (κ3) is 4.24. The number of anilines is 1. The average Bonchev–Trinajstić information content (AvgIpc) is 3.09. The summed E-state index contributed by atoms with van der Waals surface area (Å²) in [6, 6.07) is 7.78. The Hall–Kier alpha value is -2.67. The first-order chi connectivity index (χ1) is 12.2. The zero-order valence-corrected chi connectivity index (χ0v) is 14.2. The summed E-state index contributed by atoms with van der Waals surface area (Å²) < 4.78 is 5.42. The lowest BCUT2D eigenvalue weighted by Crippen LogP contribution is -2.24. The van der Waals surface area contributed by atoms with Crippen LogP contribution < -0.4 is 10.1 Å². The molecule has 1 aromatic carbocycles. The summed E-state index contributed by atoms with van der Waals surface area (Å²) in [6.45, 7) is 1.31. The van der Waals surface area contributed by atoms with Crippen LogP contribution in [0.3, 0.4) is 0 Å². The molecule has 0 amide bonds. The van der Waals surface area contributed by atoms with E-state index in [9.17, 15) is 4.79 Å². The SMILES string of the molecule is CNc1cncc([C@@H]2CCCN2Cc2ccccc2OCC(=O)O)n1. The lowest BCUT2D eigenvalue weighted by Gasteiger charge is -2.25. The summed E-state index contributed by atoms with van der Waals surface area (Å²) in [5.41, 5.74) is 1.93. The Morgan fingerprint density at radius 1 is 1.40 bits per heavy atom. The minimum Gasteiger partial charge on any atom is -0.482 e. The van der Waals surface area contributed by atoms with E-state index in [1.165, 1.54) is 0 Å². The van der Waals surface area contributed by atoms with E-state index in [4.69, 9.17) is 9.84 Å². The number of likely N-dealkylation sites (tertiary alicyclic amines) is 1. The Kier molecular flexibility index (Phi) is 5.45. The van der Waals surface area contributed by atoms with Crippen molar-refractivity contribution >= 4 is 11.8 Å². The highest BCUT2D eigenvalue weighted by molar-refractivity contribution is 5.68. The van der Waals surface area contributed by atoms with Gasteiger partial charge < -0.3 is 15.2 Å². The Balaban J connectivity index is 1.76. The quantitative estimate of drug-likeness (QED) is 0.798. The van der Waals surface area contributed by atoms with E-state index in [0.29, 0.717) is 12.3 Å². The van der Waals surface area contributed by atoms with Crippen molar-refractivity contribution in [1.82, 2.24) is 14.9 Å². The molecule has 1 saturated heterocycles. The number of nitrogens with one attached hydrogen (secondary N) is 1. The summed E-state index contributed by atoms with van der Waals surface area (Å²) in [5.74, 6) is 0.396. The molecule has 7 nitrogen and oxygen atoms in total. The van der Waals surface area contributed by atoms with E-state index >= 15 is 0 Å². The highest BCUT2D eigenvalue weighted by Gasteiger charge is 2.28. The number of aliphatic carboxylic acids is 1. The summed E-state index contributed by atoms with van der Waals surface area (Å²) in [5, 5.41) is 11.9. The molecule has 2 N–H and O–H groups in total. The largest absolute Gasteiger partial charge is 0.482 e. The number of carboxylic acid groups (broad SMARTS) is 1. The van der Waals surface area contributed by atoms with Gasteiger partial charge in [0.2, 0.25) is 0 Å². The summed E-state index contributed by atoms with van der Waals surface area (Å²) in [4.78, 5) is 22.0. The number of para-hydroxylation sites is 1. The van der Waals surface area contributed by atoms with Gasteiger partial charge >= 0.3 is 5.97 Å². The van der Waals surface area contributed by atoms with Crippen LogP contribution in [-0.4, -0.2) is 46.1 Å². The fourth-order valence-corrected chi connectivity index (χ4v) is 3.15. The van der Waals surface area contributed by atoms with Gasteiger partial charge in [0.1, 0.15) is 11.6 Å². The molecule has 0 unspecified atom stereocenters. The molecule has 0 spiro atoms. The molecule has 2 aromatic rings. The topological polar surface area (TPSA) is 87.6 Å². The van der Waals surface area contributed by atoms with Crippen molar-refractivity contribution in [2.45, 2.75) is 25.4 Å². The van der Waals surface area contributed by atoms with Crippen LogP contribution in [0.2, 0.25) is 0 Å². The molecule has 0 radical (unpaired) electrons. The highest BCUT2D eigenvalue weighted by atomic mass is 16.5. The maximum absolute atomic E-state index is 10.8. The minimum atomic E-state index is -0.979. The standard InChI is InChI=1S/C18H22N4O3/c1-19-17-10-20-9-14(21-17)15-6-4-8-22(15)11-13-5-2-3-7-16(13)25-12-18(23)24/h2-3,5,7,9-10,15H,4,6,8,11-12H2,1H3,(H,19,21)(H,23,24)/t15-/m0/s1. The predicted octanol–water partition coefficient (Wildman–Crippen LogP) is 2.32. The van der Waals surface area contributed by atoms with Gasteiger partial charge in [-0.1, -0.05) is 18.2 Å². The molecule has 7 heteroatoms. The van der Waals surface area contributed by atoms with Gasteiger partial charge in [0.15, 0.2) is 6.61 Å². The molecular formula is C18H22N4O3. The number of aromatic nitrogens is 2. The first-order valence-electron chi connectivity index (χ1n) is 8.33. The van der Waals surface area contributed by atoms with Crippen molar-refractivity contribution in [3.63, 3.8) is 0 Å². The molecule has 1 fully saturated rings. The lowest BCUT2D eigenvalue weighted by molar-refractivity contribution is -0.139. The van der Waals surface area contributed by atoms with Crippen LogP contribution >= 0.6 is 0 Å². The minimum absolute atomic E-state index is 0.202. The zero-order valence-electron chi connectivity index (χ0n) is 14.2. The summed E-state index contributed by atoms with van der Waals surface area (Å²) in [6.07, 6.45) is 5.64. The zero-order chi connectivity index (χ0) is 17.6. The molecule has 132 valence electrons. The first kappa shape index (κ1) is 17.2. The number of rotatable bonds is 7. The van der Waals surface area contributed by atoms with Crippen LogP contribution in [-0.2, 0) is 11.3 Å². The van der Waals surface area contributed by atoms with Gasteiger partial charge in [0, 0.05) is 19.2 Å². The molecule has 2 heterocycles. The van der Waals surface area contributed by atoms with Crippen molar-refractivity contribution in [3.05, 3.63) is 47.9 Å². The maximum Gasteiger partial charge on any atom is 0.341 e. The normalized spacial score (nSPS) is 17.4. The van der Waals surface area contributed by atoms with Crippen molar-refractivity contribution in [3.8, 4) is 5.75 Å². The monoisotopic (exact) mass is 342 g/mol. The molecule has 0 bridgehead atoms. The second-order valence-electron chi connectivity index (χ2n) is 6.00. The Labute approximate surface area is 146 Å². The van der Waals surface area contributed by atoms with E-state index in [1.807, 2.05) is 37.5 Å². The molecule has 0 saturated carbocycles. The number of carbonyl (C=O) groups is 1. The van der Waals surface area contributed by atoms with Gasteiger partial charge in [-0.05, 0) is 25.5 Å². The van der Waals surface area contributed by atoms with Crippen LogP contribution in [0.4, 0.5) is 5.82 Å². The fourth-order valence-electron chi connectivity index (χ4n) is 3.15. The number of nitrogens with zero attached hydrogens (tertiary/aromatic N) is 3. The Bertz CT molecular complexity index is 738. The van der Waals surface area contributed by atoms with E-state index in [0.717, 1.165) is 36.5 Å². The summed E-state index contributed by atoms with van der Waals surface area (Å²) in [7, 11) is 1.83. The molecule has 1 aromatic heterocycles. The number of benzene rings is 1. The van der Waals surface area contributed by atoms with E-state index in [2.05, 4.69) is 20.2 Å². The van der Waals surface area contributed by atoms with Crippen molar-refractivity contribution in [1.29, 1.82) is 0 Å². The third-order valence-corrected chi connectivity index (χ3v) is 4.31. The number of hydrogen-bond donors (Lipinski definition) is 2. The van der Waals surface area contributed by atoms with Crippen molar-refractivity contribution < 1.29 is 14.6 Å². The molecule has 0 aliphatic carbocycles. The molecule has 3 rings (SSSR count). The van der Waals surface area contributed by atoms with E-state index in [1.54, 1.807) is 6.20 Å². The van der Waals surface area contributed by atoms with Gasteiger partial charge in [-0.15, -0.1) is 0 Å². The van der Waals surface area contributed by atoms with Crippen molar-refractivity contribution in [2.24, 2.45) is 0 Å². The van der Waals surface area contributed by atoms with Gasteiger partial charge in [-0.3, -0.25) is 9.88 Å². The van der Waals surface area contributed by atoms with Gasteiger partial charge in [-0.25, -0.2) is 9.78 Å². The van der Waals surface area contributed by atoms with Gasteiger partial charge in [0.25, 0.3) is 0 Å². The van der Waals surface area contributed by atoms with Crippen LogP contribution in [0, 0.1) is 0 Å². The van der Waals surface area contributed by atoms with Crippen LogP contribution in [0.5, 0.6) is 5.75 Å². The second-order valence-corrected chi connectivity index (χ2v) is 6.00. The molecule has 1 aliphatic rings. The van der Waals surface area contributed by atoms with Crippen LogP contribution in [0.1, 0.15) is 30.1 Å². The molecule has 25 heavy (non-hydrogen) atoms. The Morgan fingerprint density at radius 3 is 3.04 bits per heavy atom. The highest BCUT2D eigenvalue weighted by Crippen LogP contribution is 2.33. The smallest absolute Gasteiger partial charge is 0.341 e. The van der Waals surface area contributed by atoms with Crippen LogP contribution in [0.25, 0.3) is 0 Å². The first-order valence-corrected chi connectivity index (χ1v) is 8.33. The fraction of sp³-hybridized carbons (Fsp3) is 0.389. The molecule has 1 atom stereocenters.